The number of pyridine rings is 1. The Kier molecular flexibility index (Phi) is 6.33. The number of methoxy groups -OCH3 is 2. The summed E-state index contributed by atoms with van der Waals surface area (Å²) in [7, 11) is 3.05. The summed E-state index contributed by atoms with van der Waals surface area (Å²) in [4.78, 5) is 31.7. The average molecular weight is 465 g/mol. The number of likely N-dealkylation sites (tertiary alicyclic amines) is 1. The molecule has 4 rings (SSSR count). The number of rotatable bonds is 6. The summed E-state index contributed by atoms with van der Waals surface area (Å²) < 4.78 is 10.4. The molecule has 1 unspecified atom stereocenters. The lowest BCUT2D eigenvalue weighted by Crippen LogP contribution is -2.29. The summed E-state index contributed by atoms with van der Waals surface area (Å²) in [5, 5.41) is 11.4. The van der Waals surface area contributed by atoms with Crippen molar-refractivity contribution in [1.29, 1.82) is 0 Å². The maximum Gasteiger partial charge on any atom is 0.295 e. The van der Waals surface area contributed by atoms with Crippen molar-refractivity contribution in [1.82, 2.24) is 9.88 Å². The summed E-state index contributed by atoms with van der Waals surface area (Å²) in [6.45, 7) is 0.157. The third kappa shape index (κ3) is 4.27. The molecule has 8 heteroatoms. The second kappa shape index (κ2) is 9.34. The van der Waals surface area contributed by atoms with Gasteiger partial charge in [0.2, 0.25) is 0 Å². The van der Waals surface area contributed by atoms with Gasteiger partial charge < -0.3 is 19.5 Å². The van der Waals surface area contributed by atoms with E-state index >= 15 is 0 Å². The molecule has 3 aromatic rings. The lowest BCUT2D eigenvalue weighted by molar-refractivity contribution is -0.140. The van der Waals surface area contributed by atoms with Crippen LogP contribution < -0.4 is 9.47 Å². The first kappa shape index (κ1) is 22.4. The molecule has 7 nitrogen and oxygen atoms in total. The summed E-state index contributed by atoms with van der Waals surface area (Å²) >= 11 is 6.32. The van der Waals surface area contributed by atoms with E-state index < -0.39 is 17.7 Å². The van der Waals surface area contributed by atoms with Gasteiger partial charge in [0.05, 0.1) is 30.9 Å². The maximum atomic E-state index is 13.2. The predicted octanol–water partition coefficient (Wildman–Crippen LogP) is 4.37. The van der Waals surface area contributed by atoms with Gasteiger partial charge in [-0.05, 0) is 53.6 Å². The zero-order valence-corrected chi connectivity index (χ0v) is 18.7. The van der Waals surface area contributed by atoms with E-state index in [2.05, 4.69) is 4.98 Å². The molecule has 1 amide bonds. The minimum atomic E-state index is -0.822. The molecule has 0 saturated carbocycles. The topological polar surface area (TPSA) is 89.0 Å². The number of hydrogen-bond donors (Lipinski definition) is 1. The summed E-state index contributed by atoms with van der Waals surface area (Å²) in [6, 6.07) is 14.5. The summed E-state index contributed by atoms with van der Waals surface area (Å²) in [5.41, 5.74) is 1.60. The number of aromatic nitrogens is 1. The van der Waals surface area contributed by atoms with Gasteiger partial charge in [-0.3, -0.25) is 14.6 Å². The molecule has 33 heavy (non-hydrogen) atoms. The molecule has 1 aliphatic rings. The Balaban J connectivity index is 1.84. The number of nitrogens with zero attached hydrogens (tertiary/aromatic N) is 2. The van der Waals surface area contributed by atoms with Crippen LogP contribution in [0, 0.1) is 0 Å². The van der Waals surface area contributed by atoms with Crippen molar-refractivity contribution in [3.8, 4) is 11.5 Å². The number of aliphatic hydroxyl groups is 1. The van der Waals surface area contributed by atoms with Crippen LogP contribution in [0.5, 0.6) is 11.5 Å². The number of ketones is 1. The second-order valence-corrected chi connectivity index (χ2v) is 7.81. The van der Waals surface area contributed by atoms with Gasteiger partial charge in [0, 0.05) is 24.5 Å². The Morgan fingerprint density at radius 3 is 2.27 bits per heavy atom. The molecule has 0 bridgehead atoms. The van der Waals surface area contributed by atoms with Crippen LogP contribution in [0.1, 0.15) is 22.7 Å². The van der Waals surface area contributed by atoms with Crippen LogP contribution in [0.2, 0.25) is 5.02 Å². The van der Waals surface area contributed by atoms with E-state index in [9.17, 15) is 14.7 Å². The molecule has 0 spiro atoms. The van der Waals surface area contributed by atoms with Gasteiger partial charge in [0.25, 0.3) is 11.7 Å². The smallest absolute Gasteiger partial charge is 0.295 e. The SMILES string of the molecule is COc1ccc(CN2C(=O)C(=O)/C(=C(/O)c3cc(OC)ccc3Cl)C2c2ccncc2)cc1. The standard InChI is InChI=1S/C25H21ClN2O5/c1-32-17-5-3-15(4-6-17)14-28-22(16-9-11-27-12-10-16)21(24(30)25(28)31)23(29)19-13-18(33-2)7-8-20(19)26/h3-13,22,29H,14H2,1-2H3/b23-21+. The molecule has 2 aromatic carbocycles. The normalized spacial score (nSPS) is 17.3. The van der Waals surface area contributed by atoms with Crippen LogP contribution in [0.15, 0.2) is 72.6 Å². The van der Waals surface area contributed by atoms with Crippen LogP contribution in [-0.4, -0.2) is 40.9 Å². The number of halogens is 1. The van der Waals surface area contributed by atoms with Crippen molar-refractivity contribution < 1.29 is 24.2 Å². The molecule has 1 N–H and O–H groups in total. The highest BCUT2D eigenvalue weighted by Crippen LogP contribution is 2.41. The van der Waals surface area contributed by atoms with E-state index in [4.69, 9.17) is 21.1 Å². The van der Waals surface area contributed by atoms with Crippen molar-refractivity contribution in [3.05, 3.63) is 94.3 Å². The zero-order valence-electron chi connectivity index (χ0n) is 18.0. The Bertz CT molecular complexity index is 1230. The van der Waals surface area contributed by atoms with E-state index in [1.165, 1.54) is 18.1 Å². The molecule has 1 atom stereocenters. The van der Waals surface area contributed by atoms with Gasteiger partial charge in [-0.25, -0.2) is 0 Å². The molecule has 1 fully saturated rings. The van der Waals surface area contributed by atoms with Crippen LogP contribution in [-0.2, 0) is 16.1 Å². The molecule has 2 heterocycles. The fourth-order valence-electron chi connectivity index (χ4n) is 3.82. The minimum Gasteiger partial charge on any atom is -0.507 e. The Hall–Kier alpha value is -3.84. The predicted molar refractivity (Wildman–Crippen MR) is 123 cm³/mol. The van der Waals surface area contributed by atoms with Gasteiger partial charge in [-0.15, -0.1) is 0 Å². The number of carbonyl (C=O) groups excluding carboxylic acids is 2. The van der Waals surface area contributed by atoms with Gasteiger partial charge in [-0.2, -0.15) is 0 Å². The van der Waals surface area contributed by atoms with E-state index in [1.807, 2.05) is 12.1 Å². The van der Waals surface area contributed by atoms with E-state index in [0.717, 1.165) is 5.56 Å². The fourth-order valence-corrected chi connectivity index (χ4v) is 4.03. The number of hydrogen-bond acceptors (Lipinski definition) is 6. The van der Waals surface area contributed by atoms with Crippen LogP contribution >= 0.6 is 11.6 Å². The van der Waals surface area contributed by atoms with Gasteiger partial charge in [0.15, 0.2) is 0 Å². The quantitative estimate of drug-likeness (QED) is 0.331. The van der Waals surface area contributed by atoms with Crippen molar-refractivity contribution in [2.45, 2.75) is 12.6 Å². The second-order valence-electron chi connectivity index (χ2n) is 7.40. The maximum absolute atomic E-state index is 13.2. The van der Waals surface area contributed by atoms with E-state index in [-0.39, 0.29) is 28.5 Å². The van der Waals surface area contributed by atoms with Crippen LogP contribution in [0.4, 0.5) is 0 Å². The van der Waals surface area contributed by atoms with Gasteiger partial charge in [0.1, 0.15) is 17.3 Å². The number of carbonyl (C=O) groups is 2. The summed E-state index contributed by atoms with van der Waals surface area (Å²) in [5.74, 6) is -0.737. The van der Waals surface area contributed by atoms with E-state index in [1.54, 1.807) is 55.9 Å². The first-order chi connectivity index (χ1) is 15.9. The molecular weight excluding hydrogens is 444 g/mol. The highest BCUT2D eigenvalue weighted by Gasteiger charge is 2.46. The number of benzene rings is 2. The molecule has 168 valence electrons. The molecule has 1 aromatic heterocycles. The average Bonchev–Trinajstić information content (AvgIpc) is 3.10. The largest absolute Gasteiger partial charge is 0.507 e. The molecule has 1 saturated heterocycles. The Labute approximate surface area is 195 Å². The molecule has 0 radical (unpaired) electrons. The molecular formula is C25H21ClN2O5. The number of amides is 1. The summed E-state index contributed by atoms with van der Waals surface area (Å²) in [6.07, 6.45) is 3.14. The molecule has 0 aliphatic carbocycles. The van der Waals surface area contributed by atoms with E-state index in [0.29, 0.717) is 17.1 Å². The van der Waals surface area contributed by atoms with Gasteiger partial charge in [-0.1, -0.05) is 23.7 Å². The first-order valence-electron chi connectivity index (χ1n) is 10.1. The van der Waals surface area contributed by atoms with Crippen molar-refractivity contribution >= 4 is 29.1 Å². The Morgan fingerprint density at radius 1 is 1.00 bits per heavy atom. The van der Waals surface area contributed by atoms with Gasteiger partial charge >= 0.3 is 0 Å². The Morgan fingerprint density at radius 2 is 1.64 bits per heavy atom. The monoisotopic (exact) mass is 464 g/mol. The van der Waals surface area contributed by atoms with Crippen molar-refractivity contribution in [2.75, 3.05) is 14.2 Å². The minimum absolute atomic E-state index is 0.0464. The lowest BCUT2D eigenvalue weighted by atomic mass is 9.95. The number of Topliss-reactive ketones (excluding diaryl/α,β-unsaturated/α-hetero) is 1. The molecule has 1 aliphatic heterocycles. The third-order valence-corrected chi connectivity index (χ3v) is 5.83. The zero-order chi connectivity index (χ0) is 23.5. The highest BCUT2D eigenvalue weighted by atomic mass is 35.5. The van der Waals surface area contributed by atoms with Crippen LogP contribution in [0.25, 0.3) is 5.76 Å². The highest BCUT2D eigenvalue weighted by molar-refractivity contribution is 6.47. The first-order valence-corrected chi connectivity index (χ1v) is 10.5. The number of aliphatic hydroxyl groups excluding tert-OH is 1. The van der Waals surface area contributed by atoms with Crippen LogP contribution in [0.3, 0.4) is 0 Å². The van der Waals surface area contributed by atoms with Crippen molar-refractivity contribution in [3.63, 3.8) is 0 Å². The lowest BCUT2D eigenvalue weighted by Gasteiger charge is -2.25. The third-order valence-electron chi connectivity index (χ3n) is 5.50. The number of ether oxygens (including phenoxy) is 2. The fraction of sp³-hybridized carbons (Fsp3) is 0.160. The van der Waals surface area contributed by atoms with Crippen molar-refractivity contribution in [2.24, 2.45) is 0 Å².